The Morgan fingerprint density at radius 1 is 0.942 bits per heavy atom. The molecule has 5 fully saturated rings. The summed E-state index contributed by atoms with van der Waals surface area (Å²) >= 11 is 0. The van der Waals surface area contributed by atoms with Gasteiger partial charge in [-0.15, -0.1) is 0 Å². The Morgan fingerprint density at radius 3 is 2.31 bits per heavy atom. The number of fused-ring (bicyclic) bond motifs is 7. The normalized spacial score (nSPS) is 40.8. The zero-order valence-corrected chi connectivity index (χ0v) is 33.3. The summed E-state index contributed by atoms with van der Waals surface area (Å²) in [5.41, 5.74) is 2.72. The third kappa shape index (κ3) is 5.64. The number of ketones is 1. The van der Waals surface area contributed by atoms with Crippen LogP contribution >= 0.6 is 0 Å². The molecule has 1 aliphatic heterocycles. The second-order valence-electron chi connectivity index (χ2n) is 19.4. The lowest BCUT2D eigenvalue weighted by Crippen LogP contribution is -2.65. The first-order chi connectivity index (χ1) is 24.3. The topological polar surface area (TPSA) is 91.8 Å². The molecule has 0 bridgehead atoms. The van der Waals surface area contributed by atoms with Crippen molar-refractivity contribution in [1.29, 1.82) is 0 Å². The highest BCUT2D eigenvalue weighted by atomic mass is 32.2. The van der Waals surface area contributed by atoms with Crippen LogP contribution in [0.4, 0.5) is 4.39 Å². The van der Waals surface area contributed by atoms with Crippen molar-refractivity contribution in [2.45, 2.75) is 112 Å². The second kappa shape index (κ2) is 12.9. The first kappa shape index (κ1) is 38.0. The number of Topliss-reactive ketones (excluding diaryl/α,β-unsaturated/α-hetero) is 1. The molecule has 0 spiro atoms. The lowest BCUT2D eigenvalue weighted by atomic mass is 9.32. The highest BCUT2D eigenvalue weighted by Gasteiger charge is 2.71. The van der Waals surface area contributed by atoms with Crippen LogP contribution in [0.5, 0.6) is 0 Å². The summed E-state index contributed by atoms with van der Waals surface area (Å²) in [6, 6.07) is 4.63. The number of halogens is 1. The van der Waals surface area contributed by atoms with Crippen LogP contribution in [0.2, 0.25) is 0 Å². The minimum absolute atomic E-state index is 0.0785. The van der Waals surface area contributed by atoms with Crippen LogP contribution < -0.4 is 0 Å². The first-order valence-corrected chi connectivity index (χ1v) is 22.0. The quantitative estimate of drug-likeness (QED) is 0.268. The third-order valence-corrected chi connectivity index (χ3v) is 18.6. The smallest absolute Gasteiger partial charge is 0.338 e. The predicted molar refractivity (Wildman–Crippen MR) is 205 cm³/mol. The number of aromatic carboxylic acids is 1. The van der Waals surface area contributed by atoms with E-state index in [-0.39, 0.29) is 44.1 Å². The van der Waals surface area contributed by atoms with E-state index in [1.54, 1.807) is 6.07 Å². The molecule has 8 heteroatoms. The molecule has 6 aliphatic rings. The average molecular weight is 736 g/mol. The zero-order chi connectivity index (χ0) is 37.6. The minimum Gasteiger partial charge on any atom is -0.478 e. The second-order valence-corrected chi connectivity index (χ2v) is 21.7. The Morgan fingerprint density at radius 2 is 1.65 bits per heavy atom. The lowest BCUT2D eigenvalue weighted by molar-refractivity contribution is -0.224. The molecule has 1 saturated heterocycles. The predicted octanol–water partition coefficient (Wildman–Crippen LogP) is 9.25. The Bertz CT molecular complexity index is 1790. The Balaban J connectivity index is 1.15. The number of hydrogen-bond donors (Lipinski definition) is 1. The molecule has 1 aromatic rings. The van der Waals surface area contributed by atoms with Gasteiger partial charge in [0.05, 0.1) is 17.1 Å². The van der Waals surface area contributed by atoms with E-state index in [4.69, 9.17) is 0 Å². The number of carboxylic acid groups (broad SMARTS) is 1. The van der Waals surface area contributed by atoms with Gasteiger partial charge in [0.1, 0.15) is 11.6 Å². The van der Waals surface area contributed by atoms with Gasteiger partial charge in [-0.2, -0.15) is 0 Å². The molecule has 1 heterocycles. The minimum atomic E-state index is -2.92. The molecule has 1 N–H and O–H groups in total. The Labute approximate surface area is 312 Å². The number of carbonyl (C=O) groups excluding carboxylic acids is 1. The van der Waals surface area contributed by atoms with E-state index < -0.39 is 21.6 Å². The summed E-state index contributed by atoms with van der Waals surface area (Å²) in [4.78, 5) is 28.4. The molecule has 1 aromatic carbocycles. The van der Waals surface area contributed by atoms with Crippen molar-refractivity contribution in [2.75, 3.05) is 31.1 Å². The van der Waals surface area contributed by atoms with Crippen LogP contribution in [0, 0.1) is 62.5 Å². The van der Waals surface area contributed by atoms with Crippen LogP contribution in [0.1, 0.15) is 128 Å². The van der Waals surface area contributed by atoms with Gasteiger partial charge in [0.2, 0.25) is 0 Å². The lowest BCUT2D eigenvalue weighted by Gasteiger charge is -2.72. The number of rotatable bonds is 8. The van der Waals surface area contributed by atoms with Gasteiger partial charge in [0.25, 0.3) is 0 Å². The maximum atomic E-state index is 14.9. The molecule has 0 amide bonds. The molecule has 5 aliphatic carbocycles. The standard InChI is InChI=1S/C44H62FNO5S/c1-28(2)30-14-19-44(37(47)9-8-22-46-23-25-52(50,51)26-24-46)21-20-42(6)33(38(30)44)12-13-36-41(5)17-15-32(29-10-11-31(39(48)49)34(45)27-29)40(3,4)35(41)16-18-43(36,42)7/h10-11,15,27,30,33,35-36,38H,1,8-9,12-14,16-26H2,2-7H3,(H,48,49)/t30-,33+,35-,36+,38+,41-,42+,43+,44+/m0/s1. The van der Waals surface area contributed by atoms with Crippen molar-refractivity contribution in [3.8, 4) is 0 Å². The molecule has 4 saturated carbocycles. The van der Waals surface area contributed by atoms with Gasteiger partial charge in [-0.3, -0.25) is 4.79 Å². The van der Waals surface area contributed by atoms with Crippen LogP contribution in [-0.2, 0) is 14.6 Å². The van der Waals surface area contributed by atoms with E-state index in [1.165, 1.54) is 17.7 Å². The number of benzene rings is 1. The van der Waals surface area contributed by atoms with Gasteiger partial charge in [0.15, 0.2) is 9.84 Å². The van der Waals surface area contributed by atoms with Gasteiger partial charge >= 0.3 is 5.97 Å². The molecule has 286 valence electrons. The first-order valence-electron chi connectivity index (χ1n) is 20.2. The molecular weight excluding hydrogens is 674 g/mol. The summed E-state index contributed by atoms with van der Waals surface area (Å²) in [5.74, 6) is 1.12. The maximum Gasteiger partial charge on any atom is 0.338 e. The molecule has 7 rings (SSSR count). The van der Waals surface area contributed by atoms with Gasteiger partial charge < -0.3 is 10.0 Å². The van der Waals surface area contributed by atoms with Crippen LogP contribution in [0.3, 0.4) is 0 Å². The van der Waals surface area contributed by atoms with Crippen molar-refractivity contribution < 1.29 is 27.5 Å². The van der Waals surface area contributed by atoms with Gasteiger partial charge in [0, 0.05) is 24.9 Å². The van der Waals surface area contributed by atoms with Crippen molar-refractivity contribution in [3.05, 3.63) is 53.4 Å². The van der Waals surface area contributed by atoms with E-state index in [2.05, 4.69) is 59.1 Å². The molecular formula is C44H62FNO5S. The highest BCUT2D eigenvalue weighted by molar-refractivity contribution is 7.91. The van der Waals surface area contributed by atoms with Crippen molar-refractivity contribution in [2.24, 2.45) is 56.7 Å². The SMILES string of the molecule is C=C(C)[C@@H]1CC[C@]2(C(=O)CCCN3CCS(=O)(=O)CC3)CC[C@]3(C)[C@H](CC[C@@H]4[C@@]5(C)CC=C(c6ccc(C(=O)O)c(F)c6)C(C)(C)[C@@H]5CC[C@]43C)[C@@H]12. The summed E-state index contributed by atoms with van der Waals surface area (Å²) in [7, 11) is -2.92. The number of sulfone groups is 1. The summed E-state index contributed by atoms with van der Waals surface area (Å²) < 4.78 is 38.8. The molecule has 0 aromatic heterocycles. The highest BCUT2D eigenvalue weighted by Crippen LogP contribution is 2.78. The fraction of sp³-hybridized carbons (Fsp3) is 0.727. The number of allylic oxidation sites excluding steroid dienone is 3. The maximum absolute atomic E-state index is 14.9. The average Bonchev–Trinajstić information content (AvgIpc) is 3.47. The van der Waals surface area contributed by atoms with E-state index >= 15 is 0 Å². The summed E-state index contributed by atoms with van der Waals surface area (Å²) in [6.45, 7) is 21.0. The zero-order valence-electron chi connectivity index (χ0n) is 32.5. The largest absolute Gasteiger partial charge is 0.478 e. The fourth-order valence-electron chi connectivity index (χ4n) is 14.3. The molecule has 6 nitrogen and oxygen atoms in total. The number of hydrogen-bond acceptors (Lipinski definition) is 5. The molecule has 0 radical (unpaired) electrons. The monoisotopic (exact) mass is 735 g/mol. The Hall–Kier alpha value is -2.32. The molecule has 52 heavy (non-hydrogen) atoms. The number of carbonyl (C=O) groups is 2. The number of carboxylic acids is 1. The molecule has 9 atom stereocenters. The summed E-state index contributed by atoms with van der Waals surface area (Å²) in [5, 5.41) is 9.43. The third-order valence-electron chi connectivity index (χ3n) is 17.0. The summed E-state index contributed by atoms with van der Waals surface area (Å²) in [6.07, 6.45) is 13.3. The van der Waals surface area contributed by atoms with Crippen molar-refractivity contribution >= 4 is 27.2 Å². The van der Waals surface area contributed by atoms with Crippen molar-refractivity contribution in [3.63, 3.8) is 0 Å². The number of nitrogens with zero attached hydrogens (tertiary/aromatic N) is 1. The van der Waals surface area contributed by atoms with Crippen LogP contribution in [0.25, 0.3) is 5.57 Å². The van der Waals surface area contributed by atoms with Crippen LogP contribution in [-0.4, -0.2) is 61.3 Å². The van der Waals surface area contributed by atoms with E-state index in [9.17, 15) is 27.5 Å². The fourth-order valence-corrected chi connectivity index (χ4v) is 15.5. The van der Waals surface area contributed by atoms with E-state index in [0.717, 1.165) is 81.9 Å². The van der Waals surface area contributed by atoms with Gasteiger partial charge in [-0.05, 0) is 152 Å². The Kier molecular flexibility index (Phi) is 9.41. The van der Waals surface area contributed by atoms with Crippen molar-refractivity contribution in [1.82, 2.24) is 4.90 Å². The van der Waals surface area contributed by atoms with Gasteiger partial charge in [-0.1, -0.05) is 58.9 Å². The van der Waals surface area contributed by atoms with E-state index in [1.807, 2.05) is 0 Å². The van der Waals surface area contributed by atoms with E-state index in [0.29, 0.717) is 54.9 Å². The van der Waals surface area contributed by atoms with Crippen LogP contribution in [0.15, 0.2) is 36.4 Å². The van der Waals surface area contributed by atoms with Gasteiger partial charge in [-0.25, -0.2) is 17.6 Å². The molecule has 0 unspecified atom stereocenters.